The molecule has 1 aliphatic heterocycles. The van der Waals surface area contributed by atoms with Crippen LogP contribution < -0.4 is 16.0 Å². The minimum atomic E-state index is -0.814. The monoisotopic (exact) mass is 255 g/mol. The zero-order chi connectivity index (χ0) is 12.3. The van der Waals surface area contributed by atoms with Gasteiger partial charge in [0.25, 0.3) is 0 Å². The smallest absolute Gasteiger partial charge is 0.319 e. The molecule has 1 heterocycles. The molecule has 5 nitrogen and oxygen atoms in total. The molecule has 0 bridgehead atoms. The van der Waals surface area contributed by atoms with Crippen LogP contribution in [-0.2, 0) is 0 Å². The van der Waals surface area contributed by atoms with Crippen molar-refractivity contribution in [3.8, 4) is 0 Å². The number of hydrogen-bond donors (Lipinski definition) is 4. The van der Waals surface area contributed by atoms with Gasteiger partial charge in [-0.15, -0.1) is 0 Å². The SMILES string of the molecule is O=C(NCC1(O)CNC1)Nc1cccc(Cl)c1. The molecule has 0 aromatic heterocycles. The Morgan fingerprint density at radius 1 is 1.53 bits per heavy atom. The Labute approximate surface area is 104 Å². The van der Waals surface area contributed by atoms with Gasteiger partial charge in [-0.25, -0.2) is 4.79 Å². The minimum Gasteiger partial charge on any atom is -0.385 e. The summed E-state index contributed by atoms with van der Waals surface area (Å²) in [6, 6.07) is 6.52. The zero-order valence-corrected chi connectivity index (χ0v) is 9.92. The molecular formula is C11H14ClN3O2. The van der Waals surface area contributed by atoms with Gasteiger partial charge in [-0.2, -0.15) is 0 Å². The Bertz CT molecular complexity index is 421. The van der Waals surface area contributed by atoms with E-state index >= 15 is 0 Å². The lowest BCUT2D eigenvalue weighted by Crippen LogP contribution is -2.64. The molecule has 92 valence electrons. The summed E-state index contributed by atoms with van der Waals surface area (Å²) < 4.78 is 0. The fraction of sp³-hybridized carbons (Fsp3) is 0.364. The fourth-order valence-electron chi connectivity index (χ4n) is 1.52. The van der Waals surface area contributed by atoms with Gasteiger partial charge in [0.05, 0.1) is 6.54 Å². The predicted octanol–water partition coefficient (Wildman–Crippen LogP) is 0.796. The van der Waals surface area contributed by atoms with E-state index in [1.165, 1.54) is 0 Å². The maximum Gasteiger partial charge on any atom is 0.319 e. The summed E-state index contributed by atoms with van der Waals surface area (Å²) >= 11 is 5.79. The van der Waals surface area contributed by atoms with Crippen LogP contribution in [0.15, 0.2) is 24.3 Å². The third-order valence-electron chi connectivity index (χ3n) is 2.57. The third-order valence-corrected chi connectivity index (χ3v) is 2.80. The number of nitrogens with one attached hydrogen (secondary N) is 3. The number of carbonyl (C=O) groups is 1. The maximum absolute atomic E-state index is 11.5. The summed E-state index contributed by atoms with van der Waals surface area (Å²) in [5.41, 5.74) is -0.195. The van der Waals surface area contributed by atoms with Crippen LogP contribution in [0.5, 0.6) is 0 Å². The van der Waals surface area contributed by atoms with Crippen LogP contribution in [0.4, 0.5) is 10.5 Å². The number of anilines is 1. The van der Waals surface area contributed by atoms with Crippen molar-refractivity contribution < 1.29 is 9.90 Å². The number of amides is 2. The lowest BCUT2D eigenvalue weighted by Gasteiger charge is -2.37. The van der Waals surface area contributed by atoms with Gasteiger partial charge in [-0.05, 0) is 18.2 Å². The molecule has 0 atom stereocenters. The Kier molecular flexibility index (Phi) is 3.51. The highest BCUT2D eigenvalue weighted by Crippen LogP contribution is 2.14. The molecule has 0 unspecified atom stereocenters. The molecule has 4 N–H and O–H groups in total. The van der Waals surface area contributed by atoms with Gasteiger partial charge in [0.2, 0.25) is 0 Å². The summed E-state index contributed by atoms with van der Waals surface area (Å²) in [5, 5.41) is 18.5. The van der Waals surface area contributed by atoms with Crippen molar-refractivity contribution in [2.75, 3.05) is 25.0 Å². The third kappa shape index (κ3) is 3.33. The van der Waals surface area contributed by atoms with Gasteiger partial charge in [0.1, 0.15) is 5.60 Å². The van der Waals surface area contributed by atoms with Crippen LogP contribution in [0.3, 0.4) is 0 Å². The number of aliphatic hydroxyl groups is 1. The van der Waals surface area contributed by atoms with Crippen LogP contribution in [0, 0.1) is 0 Å². The first kappa shape index (κ1) is 12.2. The summed E-state index contributed by atoms with van der Waals surface area (Å²) in [7, 11) is 0. The first-order chi connectivity index (χ1) is 8.07. The van der Waals surface area contributed by atoms with Crippen molar-refractivity contribution in [2.45, 2.75) is 5.60 Å². The molecule has 1 aliphatic rings. The quantitative estimate of drug-likeness (QED) is 0.645. The number of halogens is 1. The molecule has 1 aromatic carbocycles. The van der Waals surface area contributed by atoms with Gasteiger partial charge < -0.3 is 21.1 Å². The topological polar surface area (TPSA) is 73.4 Å². The van der Waals surface area contributed by atoms with E-state index in [1.54, 1.807) is 24.3 Å². The number of urea groups is 1. The molecule has 1 aromatic rings. The standard InChI is InChI=1S/C11H14ClN3O2/c12-8-2-1-3-9(4-8)15-10(16)14-7-11(17)5-13-6-11/h1-4,13,17H,5-7H2,(H2,14,15,16). The Morgan fingerprint density at radius 3 is 2.88 bits per heavy atom. The van der Waals surface area contributed by atoms with Crippen LogP contribution in [0.1, 0.15) is 0 Å². The van der Waals surface area contributed by atoms with Gasteiger partial charge in [0, 0.05) is 23.8 Å². The molecule has 2 rings (SSSR count). The van der Waals surface area contributed by atoms with Crippen molar-refractivity contribution in [2.24, 2.45) is 0 Å². The van der Waals surface area contributed by atoms with Crippen molar-refractivity contribution in [1.29, 1.82) is 0 Å². The van der Waals surface area contributed by atoms with Crippen LogP contribution in [0.25, 0.3) is 0 Å². The normalized spacial score (nSPS) is 17.1. The van der Waals surface area contributed by atoms with Crippen molar-refractivity contribution in [1.82, 2.24) is 10.6 Å². The molecular weight excluding hydrogens is 242 g/mol. The highest BCUT2D eigenvalue weighted by atomic mass is 35.5. The van der Waals surface area contributed by atoms with E-state index < -0.39 is 5.60 Å². The van der Waals surface area contributed by atoms with E-state index in [9.17, 15) is 9.90 Å². The van der Waals surface area contributed by atoms with Crippen LogP contribution in [-0.4, -0.2) is 36.4 Å². The lowest BCUT2D eigenvalue weighted by molar-refractivity contribution is -0.00575. The lowest BCUT2D eigenvalue weighted by atomic mass is 9.98. The number of rotatable bonds is 3. The van der Waals surface area contributed by atoms with Crippen LogP contribution >= 0.6 is 11.6 Å². The van der Waals surface area contributed by atoms with E-state index in [1.807, 2.05) is 0 Å². The average Bonchev–Trinajstić information content (AvgIpc) is 2.24. The molecule has 2 amide bonds. The van der Waals surface area contributed by atoms with E-state index in [2.05, 4.69) is 16.0 Å². The Hall–Kier alpha value is -1.30. The summed E-state index contributed by atoms with van der Waals surface area (Å²) in [4.78, 5) is 11.5. The second kappa shape index (κ2) is 4.91. The molecule has 0 radical (unpaired) electrons. The van der Waals surface area contributed by atoms with E-state index in [0.29, 0.717) is 23.8 Å². The number of hydrogen-bond acceptors (Lipinski definition) is 3. The number of carbonyl (C=O) groups excluding carboxylic acids is 1. The highest BCUT2D eigenvalue weighted by Gasteiger charge is 2.34. The van der Waals surface area contributed by atoms with Gasteiger partial charge in [-0.1, -0.05) is 17.7 Å². The van der Waals surface area contributed by atoms with Crippen molar-refractivity contribution >= 4 is 23.3 Å². The van der Waals surface area contributed by atoms with Gasteiger partial charge in [0.15, 0.2) is 0 Å². The first-order valence-electron chi connectivity index (χ1n) is 5.31. The number of benzene rings is 1. The van der Waals surface area contributed by atoms with Crippen LogP contribution in [0.2, 0.25) is 5.02 Å². The highest BCUT2D eigenvalue weighted by molar-refractivity contribution is 6.30. The molecule has 0 aliphatic carbocycles. The van der Waals surface area contributed by atoms with Crippen molar-refractivity contribution in [3.63, 3.8) is 0 Å². The maximum atomic E-state index is 11.5. The van der Waals surface area contributed by atoms with Gasteiger partial charge >= 0.3 is 6.03 Å². The Balaban J connectivity index is 1.81. The summed E-state index contributed by atoms with van der Waals surface area (Å²) in [6.45, 7) is 1.24. The molecule has 1 saturated heterocycles. The first-order valence-corrected chi connectivity index (χ1v) is 5.69. The minimum absolute atomic E-state index is 0.229. The van der Waals surface area contributed by atoms with Crippen molar-refractivity contribution in [3.05, 3.63) is 29.3 Å². The zero-order valence-electron chi connectivity index (χ0n) is 9.16. The molecule has 0 saturated carbocycles. The Morgan fingerprint density at radius 2 is 2.29 bits per heavy atom. The van der Waals surface area contributed by atoms with E-state index in [-0.39, 0.29) is 12.6 Å². The second-order valence-electron chi connectivity index (χ2n) is 4.15. The summed E-state index contributed by atoms with van der Waals surface area (Å²) in [5.74, 6) is 0. The predicted molar refractivity (Wildman–Crippen MR) is 66.3 cm³/mol. The molecule has 17 heavy (non-hydrogen) atoms. The van der Waals surface area contributed by atoms with E-state index in [4.69, 9.17) is 11.6 Å². The summed E-state index contributed by atoms with van der Waals surface area (Å²) in [6.07, 6.45) is 0. The fourth-order valence-corrected chi connectivity index (χ4v) is 1.72. The molecule has 1 fully saturated rings. The van der Waals surface area contributed by atoms with E-state index in [0.717, 1.165) is 0 Å². The average molecular weight is 256 g/mol. The largest absolute Gasteiger partial charge is 0.385 e. The van der Waals surface area contributed by atoms with Gasteiger partial charge in [-0.3, -0.25) is 0 Å². The molecule has 6 heteroatoms. The second-order valence-corrected chi connectivity index (χ2v) is 4.58. The number of β-amino-alcohol motifs (C(OH)–C–C–N with tert-alkyl or cyclic N) is 1. The molecule has 0 spiro atoms.